The third-order valence-electron chi connectivity index (χ3n) is 4.45. The van der Waals surface area contributed by atoms with Gasteiger partial charge in [0, 0.05) is 22.5 Å². The fourth-order valence-electron chi connectivity index (χ4n) is 3.58. The second-order valence-electron chi connectivity index (χ2n) is 6.70. The zero-order valence-corrected chi connectivity index (χ0v) is 13.1. The summed E-state index contributed by atoms with van der Waals surface area (Å²) in [6.07, 6.45) is -0.823. The van der Waals surface area contributed by atoms with E-state index >= 15 is 0 Å². The minimum absolute atomic E-state index is 0.141. The van der Waals surface area contributed by atoms with Crippen molar-refractivity contribution >= 4 is 5.90 Å². The number of hydrogen-bond donors (Lipinski definition) is 0. The molecule has 1 aliphatic heterocycles. The summed E-state index contributed by atoms with van der Waals surface area (Å²) in [7, 11) is 0. The van der Waals surface area contributed by atoms with Gasteiger partial charge in [0.05, 0.1) is 5.92 Å². The van der Waals surface area contributed by atoms with Crippen molar-refractivity contribution in [1.82, 2.24) is 0 Å². The molecule has 0 bridgehead atoms. The molecule has 0 saturated heterocycles. The monoisotopic (exact) mass is 274 g/mol. The highest BCUT2D eigenvalue weighted by molar-refractivity contribution is 5.75. The third kappa shape index (κ3) is 1.88. The second kappa shape index (κ2) is 4.61. The van der Waals surface area contributed by atoms with E-state index in [1.807, 2.05) is 31.2 Å². The van der Waals surface area contributed by atoms with Crippen LogP contribution in [0.3, 0.4) is 0 Å². The van der Waals surface area contributed by atoms with Crippen LogP contribution in [0.15, 0.2) is 24.3 Å². The molecule has 0 unspecified atom stereocenters. The minimum Gasteiger partial charge on any atom is -0.437 e. The van der Waals surface area contributed by atoms with E-state index < -0.39 is 11.9 Å². The van der Waals surface area contributed by atoms with Gasteiger partial charge in [-0.3, -0.25) is 0 Å². The Kier molecular flexibility index (Phi) is 2.62. The van der Waals surface area contributed by atoms with E-state index in [2.05, 4.69) is 32.3 Å². The van der Waals surface area contributed by atoms with Gasteiger partial charge in [-0.15, -0.1) is 0 Å². The fraction of sp³-hybridized carbons (Fsp3) is 0.611. The predicted molar refractivity (Wildman–Crippen MR) is 82.4 cm³/mol. The van der Waals surface area contributed by atoms with Crippen LogP contribution in [0.1, 0.15) is 48.5 Å². The Hall–Kier alpha value is -1.31. The van der Waals surface area contributed by atoms with Crippen LogP contribution >= 0.6 is 0 Å². The molecule has 1 heterocycles. The Morgan fingerprint density at radius 3 is 2.50 bits per heavy atom. The zero-order chi connectivity index (χ0) is 16.3. The van der Waals surface area contributed by atoms with Gasteiger partial charge in [-0.05, 0) is 38.8 Å². The Labute approximate surface area is 125 Å². The molecule has 0 aromatic heterocycles. The first kappa shape index (κ1) is 11.4. The molecule has 108 valence electrons. The molecule has 0 fully saturated rings. The Morgan fingerprint density at radius 1 is 1.25 bits per heavy atom. The number of hydrogen-bond acceptors (Lipinski definition) is 1. The van der Waals surface area contributed by atoms with E-state index in [0.29, 0.717) is 0 Å². The van der Waals surface area contributed by atoms with Crippen LogP contribution in [-0.2, 0) is 17.5 Å². The van der Waals surface area contributed by atoms with Crippen LogP contribution in [0.4, 0.5) is 0 Å². The summed E-state index contributed by atoms with van der Waals surface area (Å²) in [5.74, 6) is 1.18. The molecule has 1 aliphatic carbocycles. The maximum absolute atomic E-state index is 8.92. The number of nitrogens with zero attached hydrogens (tertiary/aromatic N) is 1. The topological polar surface area (TPSA) is 12.2 Å². The highest BCUT2D eigenvalue weighted by Crippen LogP contribution is 2.39. The van der Waals surface area contributed by atoms with Gasteiger partial charge in [-0.25, -0.2) is 0 Å². The number of ether oxygens (including phenoxy) is 1. The lowest BCUT2D eigenvalue weighted by Gasteiger charge is -2.33. The summed E-state index contributed by atoms with van der Waals surface area (Å²) in [6, 6.07) is 8.09. The van der Waals surface area contributed by atoms with Crippen molar-refractivity contribution in [3.8, 4) is 0 Å². The normalized spacial score (nSPS) is 32.6. The number of fused-ring (bicyclic) bond motifs is 2. The van der Waals surface area contributed by atoms with Crippen LogP contribution in [0.2, 0.25) is 0 Å². The van der Waals surface area contributed by atoms with Crippen LogP contribution in [0.25, 0.3) is 0 Å². The van der Waals surface area contributed by atoms with Crippen LogP contribution in [0.5, 0.6) is 0 Å². The van der Waals surface area contributed by atoms with Gasteiger partial charge in [0.1, 0.15) is 0 Å². The summed E-state index contributed by atoms with van der Waals surface area (Å²) in [5, 5.41) is 0. The molecule has 0 N–H and O–H groups in total. The molecule has 2 heteroatoms. The Balaban J connectivity index is 2.23. The first-order valence-corrected chi connectivity index (χ1v) is 7.62. The van der Waals surface area contributed by atoms with E-state index in [9.17, 15) is 0 Å². The van der Waals surface area contributed by atoms with Crippen molar-refractivity contribution in [1.29, 1.82) is 0 Å². The first-order valence-electron chi connectivity index (χ1n) is 8.62. The first-order chi connectivity index (χ1) is 10.2. The number of benzene rings is 1. The molecule has 2 nitrogen and oxygen atoms in total. The largest absolute Gasteiger partial charge is 0.437 e. The van der Waals surface area contributed by atoms with Gasteiger partial charge in [-0.1, -0.05) is 24.3 Å². The van der Waals surface area contributed by atoms with E-state index in [-0.39, 0.29) is 18.1 Å². The lowest BCUT2D eigenvalue weighted by Crippen LogP contribution is -2.52. The van der Waals surface area contributed by atoms with Crippen LogP contribution in [-0.4, -0.2) is 28.2 Å². The van der Waals surface area contributed by atoms with E-state index in [1.165, 1.54) is 0 Å². The molecule has 1 aromatic carbocycles. The maximum atomic E-state index is 8.92. The molecule has 0 saturated carbocycles. The molecular weight excluding hydrogens is 246 g/mol. The lowest BCUT2D eigenvalue weighted by atomic mass is 9.76. The smallest absolute Gasteiger partial charge is 0.340 e. The van der Waals surface area contributed by atoms with Gasteiger partial charge >= 0.3 is 5.90 Å². The fourth-order valence-corrected chi connectivity index (χ4v) is 3.58. The average Bonchev–Trinajstić information content (AvgIpc) is 2.74. The van der Waals surface area contributed by atoms with E-state index in [0.717, 1.165) is 23.4 Å². The standard InChI is InChI=1S/C18H26NO/c1-12(2)17-19(13(3)4)18(5)11-15-9-7-6-8-14(15)10-16(18)20-17/h6-9,12-13,16H,10-11H2,1-5H3/q+1/t16-,18-/m0/s1/i11D2. The zero-order valence-electron chi connectivity index (χ0n) is 15.1. The number of rotatable bonds is 2. The van der Waals surface area contributed by atoms with Crippen molar-refractivity contribution in [3.05, 3.63) is 35.4 Å². The molecule has 3 rings (SSSR count). The summed E-state index contributed by atoms with van der Waals surface area (Å²) >= 11 is 0. The van der Waals surface area contributed by atoms with Crippen molar-refractivity contribution in [2.45, 2.75) is 65.1 Å². The average molecular weight is 274 g/mol. The molecule has 20 heavy (non-hydrogen) atoms. The van der Waals surface area contributed by atoms with Crippen molar-refractivity contribution in [2.75, 3.05) is 0 Å². The predicted octanol–water partition coefficient (Wildman–Crippen LogP) is 3.42. The van der Waals surface area contributed by atoms with E-state index in [4.69, 9.17) is 7.48 Å². The summed E-state index contributed by atoms with van der Waals surface area (Å²) in [4.78, 5) is 0. The van der Waals surface area contributed by atoms with Crippen molar-refractivity contribution in [2.24, 2.45) is 5.92 Å². The highest BCUT2D eigenvalue weighted by Gasteiger charge is 2.57. The van der Waals surface area contributed by atoms with Gasteiger partial charge < -0.3 is 4.74 Å². The third-order valence-corrected chi connectivity index (χ3v) is 4.45. The quantitative estimate of drug-likeness (QED) is 0.753. The lowest BCUT2D eigenvalue weighted by molar-refractivity contribution is -0.627. The Bertz CT molecular complexity index is 636. The molecule has 2 atom stereocenters. The van der Waals surface area contributed by atoms with Gasteiger partial charge in [0.2, 0.25) is 5.54 Å². The summed E-state index contributed by atoms with van der Waals surface area (Å²) < 4.78 is 26.3. The second-order valence-corrected chi connectivity index (χ2v) is 6.70. The Morgan fingerprint density at radius 2 is 1.90 bits per heavy atom. The van der Waals surface area contributed by atoms with Gasteiger partial charge in [-0.2, -0.15) is 4.58 Å². The van der Waals surface area contributed by atoms with Crippen molar-refractivity contribution < 1.29 is 12.1 Å². The SMILES string of the molecule is [2H]C1([2H])c2ccccc2C[C@@H]2OC(C(C)C)=[N+](C(C)C)[C@]21C. The van der Waals surface area contributed by atoms with E-state index in [1.54, 1.807) is 0 Å². The molecule has 0 amide bonds. The highest BCUT2D eigenvalue weighted by atomic mass is 16.5. The molecule has 2 aliphatic rings. The molecule has 1 aromatic rings. The maximum Gasteiger partial charge on any atom is 0.340 e. The van der Waals surface area contributed by atoms with Crippen LogP contribution < -0.4 is 0 Å². The molecule has 0 spiro atoms. The minimum atomic E-state index is -1.45. The summed E-state index contributed by atoms with van der Waals surface area (Å²) in [6.45, 7) is 10.5. The van der Waals surface area contributed by atoms with Gasteiger partial charge in [0.25, 0.3) is 0 Å². The van der Waals surface area contributed by atoms with Crippen molar-refractivity contribution in [3.63, 3.8) is 0 Å². The molecular formula is C18H26NO+. The molecule has 0 radical (unpaired) electrons. The summed E-state index contributed by atoms with van der Waals surface area (Å²) in [5.41, 5.74) is 1.21. The van der Waals surface area contributed by atoms with Crippen LogP contribution in [0, 0.1) is 5.92 Å². The van der Waals surface area contributed by atoms with Gasteiger partial charge in [0.15, 0.2) is 12.1 Å².